The molecule has 1 saturated heterocycles. The second-order valence-electron chi connectivity index (χ2n) is 4.35. The summed E-state index contributed by atoms with van der Waals surface area (Å²) in [7, 11) is 0. The number of terminal acetylenes is 1. The second kappa shape index (κ2) is 6.95. The molecule has 1 N–H and O–H groups in total. The molecule has 0 aliphatic carbocycles. The van der Waals surface area contributed by atoms with Gasteiger partial charge in [0.05, 0.1) is 12.5 Å². The molecule has 4 nitrogen and oxygen atoms in total. The van der Waals surface area contributed by atoms with Gasteiger partial charge < -0.3 is 10.2 Å². The molecule has 1 aliphatic heterocycles. The van der Waals surface area contributed by atoms with Crippen molar-refractivity contribution in [1.82, 2.24) is 10.2 Å². The van der Waals surface area contributed by atoms with Gasteiger partial charge in [0.15, 0.2) is 0 Å². The van der Waals surface area contributed by atoms with Crippen molar-refractivity contribution < 1.29 is 9.59 Å². The van der Waals surface area contributed by atoms with Crippen molar-refractivity contribution in [2.45, 2.75) is 32.6 Å². The molecular weight excluding hydrogens is 216 g/mol. The highest BCUT2D eigenvalue weighted by Crippen LogP contribution is 2.17. The Morgan fingerprint density at radius 3 is 2.94 bits per heavy atom. The first-order valence-electron chi connectivity index (χ1n) is 6.18. The van der Waals surface area contributed by atoms with Gasteiger partial charge >= 0.3 is 0 Å². The first-order chi connectivity index (χ1) is 8.19. The molecule has 1 heterocycles. The number of carbonyl (C=O) groups is 2. The Bertz CT molecular complexity index is 320. The lowest BCUT2D eigenvalue weighted by Crippen LogP contribution is -2.45. The zero-order valence-corrected chi connectivity index (χ0v) is 10.4. The smallest absolute Gasteiger partial charge is 0.225 e. The fourth-order valence-electron chi connectivity index (χ4n) is 2.07. The Morgan fingerprint density at radius 2 is 2.29 bits per heavy atom. The molecule has 4 heteroatoms. The van der Waals surface area contributed by atoms with Crippen molar-refractivity contribution in [3.63, 3.8) is 0 Å². The van der Waals surface area contributed by atoms with Crippen LogP contribution in [-0.2, 0) is 9.59 Å². The summed E-state index contributed by atoms with van der Waals surface area (Å²) in [5.41, 5.74) is 0. The average molecular weight is 236 g/mol. The molecule has 0 aromatic rings. The number of nitrogens with one attached hydrogen (secondary N) is 1. The van der Waals surface area contributed by atoms with E-state index in [1.807, 2.05) is 6.92 Å². The molecule has 1 rings (SSSR count). The van der Waals surface area contributed by atoms with E-state index in [1.165, 1.54) is 0 Å². The van der Waals surface area contributed by atoms with Gasteiger partial charge in [-0.2, -0.15) is 0 Å². The summed E-state index contributed by atoms with van der Waals surface area (Å²) in [5.74, 6) is 2.40. The summed E-state index contributed by atoms with van der Waals surface area (Å²) in [6.45, 7) is 3.56. The quantitative estimate of drug-likeness (QED) is 0.733. The molecule has 1 fully saturated rings. The van der Waals surface area contributed by atoms with Crippen LogP contribution in [-0.4, -0.2) is 36.3 Å². The SMILES string of the molecule is C#CCNC(=O)C1CCCN(C(=O)CCC)C1. The van der Waals surface area contributed by atoms with E-state index in [0.29, 0.717) is 13.0 Å². The van der Waals surface area contributed by atoms with E-state index >= 15 is 0 Å². The van der Waals surface area contributed by atoms with Gasteiger partial charge in [-0.1, -0.05) is 12.8 Å². The zero-order chi connectivity index (χ0) is 12.7. The van der Waals surface area contributed by atoms with Crippen LogP contribution in [0.5, 0.6) is 0 Å². The van der Waals surface area contributed by atoms with E-state index in [-0.39, 0.29) is 24.3 Å². The number of likely N-dealkylation sites (tertiary alicyclic amines) is 1. The van der Waals surface area contributed by atoms with Crippen molar-refractivity contribution in [1.29, 1.82) is 0 Å². The van der Waals surface area contributed by atoms with Gasteiger partial charge in [-0.15, -0.1) is 6.42 Å². The molecule has 94 valence electrons. The van der Waals surface area contributed by atoms with Crippen molar-refractivity contribution in [3.05, 3.63) is 0 Å². The number of hydrogen-bond donors (Lipinski definition) is 1. The molecule has 17 heavy (non-hydrogen) atoms. The lowest BCUT2D eigenvalue weighted by Gasteiger charge is -2.32. The van der Waals surface area contributed by atoms with Gasteiger partial charge in [0.1, 0.15) is 0 Å². The van der Waals surface area contributed by atoms with Gasteiger partial charge in [-0.05, 0) is 19.3 Å². The highest BCUT2D eigenvalue weighted by molar-refractivity contribution is 5.81. The molecule has 0 bridgehead atoms. The van der Waals surface area contributed by atoms with E-state index in [0.717, 1.165) is 25.8 Å². The number of carbonyl (C=O) groups excluding carboxylic acids is 2. The van der Waals surface area contributed by atoms with Crippen LogP contribution in [0.15, 0.2) is 0 Å². The van der Waals surface area contributed by atoms with Crippen LogP contribution < -0.4 is 5.32 Å². The third kappa shape index (κ3) is 4.10. The Kier molecular flexibility index (Phi) is 5.55. The molecule has 0 radical (unpaired) electrons. The van der Waals surface area contributed by atoms with Crippen LogP contribution in [0.25, 0.3) is 0 Å². The predicted octanol–water partition coefficient (Wildman–Crippen LogP) is 0.774. The average Bonchev–Trinajstić information content (AvgIpc) is 2.36. The van der Waals surface area contributed by atoms with Gasteiger partial charge in [-0.3, -0.25) is 9.59 Å². The molecule has 0 spiro atoms. The maximum atomic E-state index is 11.7. The van der Waals surface area contributed by atoms with E-state index in [4.69, 9.17) is 6.42 Å². The highest BCUT2D eigenvalue weighted by Gasteiger charge is 2.27. The molecular formula is C13H20N2O2. The Morgan fingerprint density at radius 1 is 1.53 bits per heavy atom. The van der Waals surface area contributed by atoms with E-state index < -0.39 is 0 Å². The van der Waals surface area contributed by atoms with Crippen LogP contribution in [0.4, 0.5) is 0 Å². The highest BCUT2D eigenvalue weighted by atomic mass is 16.2. The number of rotatable bonds is 4. The fourth-order valence-corrected chi connectivity index (χ4v) is 2.07. The van der Waals surface area contributed by atoms with Crippen molar-refractivity contribution in [3.8, 4) is 12.3 Å². The molecule has 1 atom stereocenters. The normalized spacial score (nSPS) is 19.5. The van der Waals surface area contributed by atoms with Crippen LogP contribution in [0.2, 0.25) is 0 Å². The fraction of sp³-hybridized carbons (Fsp3) is 0.692. The Hall–Kier alpha value is -1.50. The lowest BCUT2D eigenvalue weighted by atomic mass is 9.97. The van der Waals surface area contributed by atoms with Gasteiger partial charge in [0.2, 0.25) is 11.8 Å². The van der Waals surface area contributed by atoms with Crippen LogP contribution in [0.1, 0.15) is 32.6 Å². The molecule has 2 amide bonds. The molecule has 0 aromatic heterocycles. The number of piperidine rings is 1. The lowest BCUT2D eigenvalue weighted by molar-refractivity contribution is -0.135. The van der Waals surface area contributed by atoms with Crippen molar-refractivity contribution in [2.75, 3.05) is 19.6 Å². The van der Waals surface area contributed by atoms with Crippen LogP contribution in [0.3, 0.4) is 0 Å². The zero-order valence-electron chi connectivity index (χ0n) is 10.4. The third-order valence-electron chi connectivity index (χ3n) is 2.97. The van der Waals surface area contributed by atoms with Crippen LogP contribution in [0, 0.1) is 18.3 Å². The summed E-state index contributed by atoms with van der Waals surface area (Å²) in [4.78, 5) is 25.3. The van der Waals surface area contributed by atoms with Gasteiger partial charge in [0, 0.05) is 19.5 Å². The summed E-state index contributed by atoms with van der Waals surface area (Å²) >= 11 is 0. The van der Waals surface area contributed by atoms with Crippen LogP contribution >= 0.6 is 0 Å². The summed E-state index contributed by atoms with van der Waals surface area (Å²) < 4.78 is 0. The van der Waals surface area contributed by atoms with E-state index in [2.05, 4.69) is 11.2 Å². The first kappa shape index (κ1) is 13.6. The molecule has 1 aliphatic rings. The van der Waals surface area contributed by atoms with Crippen molar-refractivity contribution >= 4 is 11.8 Å². The minimum atomic E-state index is -0.0992. The monoisotopic (exact) mass is 236 g/mol. The largest absolute Gasteiger partial charge is 0.345 e. The molecule has 0 saturated carbocycles. The topological polar surface area (TPSA) is 49.4 Å². The molecule has 1 unspecified atom stereocenters. The number of hydrogen-bond acceptors (Lipinski definition) is 2. The third-order valence-corrected chi connectivity index (χ3v) is 2.97. The van der Waals surface area contributed by atoms with E-state index in [1.54, 1.807) is 4.90 Å². The number of amides is 2. The second-order valence-corrected chi connectivity index (χ2v) is 4.35. The van der Waals surface area contributed by atoms with E-state index in [9.17, 15) is 9.59 Å². The summed E-state index contributed by atoms with van der Waals surface area (Å²) in [5, 5.41) is 2.68. The predicted molar refractivity (Wildman–Crippen MR) is 66.1 cm³/mol. The minimum Gasteiger partial charge on any atom is -0.345 e. The Balaban J connectivity index is 2.46. The van der Waals surface area contributed by atoms with Gasteiger partial charge in [-0.25, -0.2) is 0 Å². The first-order valence-corrected chi connectivity index (χ1v) is 6.18. The number of nitrogens with zero attached hydrogens (tertiary/aromatic N) is 1. The van der Waals surface area contributed by atoms with Crippen molar-refractivity contribution in [2.24, 2.45) is 5.92 Å². The maximum absolute atomic E-state index is 11.7. The standard InChI is InChI=1S/C13H20N2O2/c1-3-6-12(16)15-9-5-7-11(10-15)13(17)14-8-4-2/h2,11H,3,5-10H2,1H3,(H,14,17). The maximum Gasteiger partial charge on any atom is 0.225 e. The van der Waals surface area contributed by atoms with Gasteiger partial charge in [0.25, 0.3) is 0 Å². The Labute approximate surface area is 103 Å². The molecule has 0 aromatic carbocycles. The minimum absolute atomic E-state index is 0.0306. The summed E-state index contributed by atoms with van der Waals surface area (Å²) in [6, 6.07) is 0. The summed E-state index contributed by atoms with van der Waals surface area (Å²) in [6.07, 6.45) is 8.24.